The first-order chi connectivity index (χ1) is 14.3. The molecule has 0 aliphatic rings. The van der Waals surface area contributed by atoms with Crippen molar-refractivity contribution >= 4 is 33.3 Å². The highest BCUT2D eigenvalue weighted by Crippen LogP contribution is 2.35. The third kappa shape index (κ3) is 2.57. The van der Waals surface area contributed by atoms with Crippen LogP contribution in [-0.4, -0.2) is 34.9 Å². The lowest BCUT2D eigenvalue weighted by Gasteiger charge is -1.98. The second-order valence-corrected chi connectivity index (χ2v) is 7.82. The summed E-state index contributed by atoms with van der Waals surface area (Å²) < 4.78 is 1.77. The van der Waals surface area contributed by atoms with E-state index in [1.165, 1.54) is 4.88 Å². The molecule has 0 amide bonds. The average molecular weight is 397 g/mol. The predicted molar refractivity (Wildman–Crippen MR) is 114 cm³/mol. The van der Waals surface area contributed by atoms with Gasteiger partial charge in [-0.25, -0.2) is 4.98 Å². The molecule has 140 valence electrons. The summed E-state index contributed by atoms with van der Waals surface area (Å²) in [6, 6.07) is 10.3. The molecule has 0 bridgehead atoms. The zero-order valence-electron chi connectivity index (χ0n) is 15.4. The summed E-state index contributed by atoms with van der Waals surface area (Å²) in [5, 5.41) is 15.1. The number of aryl methyl sites for hydroxylation is 1. The van der Waals surface area contributed by atoms with Gasteiger partial charge in [-0.2, -0.15) is 10.2 Å². The SMILES string of the molecule is Cn1cc(-c2ccc3[nH]nc(-c4cc5c(-c6cccs6)cncc5[nH]4)c3n2)cn1. The molecule has 0 aliphatic carbocycles. The molecule has 8 heteroatoms. The molecule has 6 rings (SSSR count). The van der Waals surface area contributed by atoms with Crippen molar-refractivity contribution in [2.75, 3.05) is 0 Å². The van der Waals surface area contributed by atoms with Gasteiger partial charge in [-0.1, -0.05) is 6.07 Å². The van der Waals surface area contributed by atoms with Gasteiger partial charge >= 0.3 is 0 Å². The summed E-state index contributed by atoms with van der Waals surface area (Å²) in [5.74, 6) is 0. The van der Waals surface area contributed by atoms with Gasteiger partial charge in [-0.05, 0) is 29.6 Å². The van der Waals surface area contributed by atoms with Crippen LogP contribution in [0.5, 0.6) is 0 Å². The number of H-pyrrole nitrogens is 2. The van der Waals surface area contributed by atoms with E-state index in [9.17, 15) is 0 Å². The fourth-order valence-electron chi connectivity index (χ4n) is 3.61. The molecule has 0 aromatic carbocycles. The molecule has 6 aromatic heterocycles. The third-order valence-electron chi connectivity index (χ3n) is 5.00. The van der Waals surface area contributed by atoms with E-state index in [4.69, 9.17) is 4.98 Å². The molecule has 0 spiro atoms. The van der Waals surface area contributed by atoms with Gasteiger partial charge < -0.3 is 4.98 Å². The fourth-order valence-corrected chi connectivity index (χ4v) is 4.36. The molecule has 0 saturated carbocycles. The van der Waals surface area contributed by atoms with Gasteiger partial charge in [-0.3, -0.25) is 14.8 Å². The first-order valence-electron chi connectivity index (χ1n) is 9.11. The lowest BCUT2D eigenvalue weighted by molar-refractivity contribution is 0.768. The minimum atomic E-state index is 0.791. The first-order valence-corrected chi connectivity index (χ1v) is 9.99. The van der Waals surface area contributed by atoms with Crippen LogP contribution in [0.1, 0.15) is 0 Å². The van der Waals surface area contributed by atoms with Crippen molar-refractivity contribution in [3.63, 3.8) is 0 Å². The van der Waals surface area contributed by atoms with Crippen molar-refractivity contribution < 1.29 is 0 Å². The molecule has 2 N–H and O–H groups in total. The first kappa shape index (κ1) is 16.2. The van der Waals surface area contributed by atoms with Crippen LogP contribution >= 0.6 is 11.3 Å². The molecule has 0 fully saturated rings. The van der Waals surface area contributed by atoms with Crippen molar-refractivity contribution in [3.8, 4) is 33.1 Å². The van der Waals surface area contributed by atoms with E-state index in [1.54, 1.807) is 16.0 Å². The normalized spacial score (nSPS) is 11.6. The number of fused-ring (bicyclic) bond motifs is 2. The Balaban J connectivity index is 1.53. The zero-order chi connectivity index (χ0) is 19.4. The van der Waals surface area contributed by atoms with Gasteiger partial charge in [0, 0.05) is 40.8 Å². The molecule has 0 atom stereocenters. The van der Waals surface area contributed by atoms with Crippen molar-refractivity contribution in [2.24, 2.45) is 7.05 Å². The fraction of sp³-hybridized carbons (Fsp3) is 0.0476. The Kier molecular flexibility index (Phi) is 3.41. The average Bonchev–Trinajstić information content (AvgIpc) is 3.51. The Bertz CT molecular complexity index is 1470. The molecule has 0 radical (unpaired) electrons. The Hall–Kier alpha value is -3.78. The summed E-state index contributed by atoms with van der Waals surface area (Å²) >= 11 is 1.71. The van der Waals surface area contributed by atoms with Gasteiger partial charge in [0.25, 0.3) is 0 Å². The van der Waals surface area contributed by atoms with Crippen LogP contribution in [0, 0.1) is 0 Å². The largest absolute Gasteiger partial charge is 0.352 e. The topological polar surface area (TPSA) is 88.1 Å². The Morgan fingerprint density at radius 3 is 2.86 bits per heavy atom. The van der Waals surface area contributed by atoms with Gasteiger partial charge in [-0.15, -0.1) is 11.3 Å². The number of aromatic amines is 2. The van der Waals surface area contributed by atoms with Crippen LogP contribution in [0.25, 0.3) is 55.0 Å². The van der Waals surface area contributed by atoms with Crippen LogP contribution in [-0.2, 0) is 7.05 Å². The molecular weight excluding hydrogens is 382 g/mol. The second kappa shape index (κ2) is 6.11. The van der Waals surface area contributed by atoms with E-state index < -0.39 is 0 Å². The molecular formula is C21H15N7S. The van der Waals surface area contributed by atoms with E-state index in [-0.39, 0.29) is 0 Å². The van der Waals surface area contributed by atoms with Gasteiger partial charge in [0.2, 0.25) is 0 Å². The standard InChI is InChI=1S/C21H15N7S/c1-28-11-12(8-23-28)15-4-5-16-20(25-15)21(27-26-16)17-7-13-14(19-3-2-6-29-19)9-22-10-18(13)24-17/h2-11,24H,1H3,(H,26,27). The van der Waals surface area contributed by atoms with Crippen molar-refractivity contribution in [1.82, 2.24) is 34.9 Å². The van der Waals surface area contributed by atoms with E-state index in [0.717, 1.165) is 50.1 Å². The highest BCUT2D eigenvalue weighted by molar-refractivity contribution is 7.13. The van der Waals surface area contributed by atoms with Crippen LogP contribution < -0.4 is 0 Å². The third-order valence-corrected chi connectivity index (χ3v) is 5.90. The molecule has 0 saturated heterocycles. The lowest BCUT2D eigenvalue weighted by atomic mass is 10.1. The van der Waals surface area contributed by atoms with E-state index in [0.29, 0.717) is 0 Å². The van der Waals surface area contributed by atoms with Gasteiger partial charge in [0.05, 0.1) is 34.8 Å². The number of nitrogens with zero attached hydrogens (tertiary/aromatic N) is 5. The Morgan fingerprint density at radius 2 is 2.03 bits per heavy atom. The minimum absolute atomic E-state index is 0.791. The maximum atomic E-state index is 4.86. The summed E-state index contributed by atoms with van der Waals surface area (Å²) in [7, 11) is 1.90. The molecule has 6 heterocycles. The van der Waals surface area contributed by atoms with E-state index in [2.05, 4.69) is 48.8 Å². The smallest absolute Gasteiger partial charge is 0.135 e. The molecule has 6 aromatic rings. The summed E-state index contributed by atoms with van der Waals surface area (Å²) in [5.41, 5.74) is 7.35. The van der Waals surface area contributed by atoms with Gasteiger partial charge in [0.15, 0.2) is 0 Å². The minimum Gasteiger partial charge on any atom is -0.352 e. The number of thiophene rings is 1. The maximum Gasteiger partial charge on any atom is 0.135 e. The van der Waals surface area contributed by atoms with E-state index >= 15 is 0 Å². The van der Waals surface area contributed by atoms with E-state index in [1.807, 2.05) is 44.0 Å². The number of hydrogen-bond acceptors (Lipinski definition) is 5. The van der Waals surface area contributed by atoms with Crippen LogP contribution in [0.15, 0.2) is 60.5 Å². The van der Waals surface area contributed by atoms with Crippen molar-refractivity contribution in [3.05, 3.63) is 60.5 Å². The zero-order valence-corrected chi connectivity index (χ0v) is 16.2. The lowest BCUT2D eigenvalue weighted by Crippen LogP contribution is -1.86. The Morgan fingerprint density at radius 1 is 1.07 bits per heavy atom. The number of pyridine rings is 2. The summed E-state index contributed by atoms with van der Waals surface area (Å²) in [4.78, 5) is 13.9. The van der Waals surface area contributed by atoms with Crippen LogP contribution in [0.4, 0.5) is 0 Å². The Labute approximate surface area is 169 Å². The number of hydrogen-bond donors (Lipinski definition) is 2. The number of aromatic nitrogens is 7. The summed E-state index contributed by atoms with van der Waals surface area (Å²) in [6.07, 6.45) is 7.53. The highest BCUT2D eigenvalue weighted by atomic mass is 32.1. The second-order valence-electron chi connectivity index (χ2n) is 6.88. The van der Waals surface area contributed by atoms with Crippen LogP contribution in [0.2, 0.25) is 0 Å². The molecule has 29 heavy (non-hydrogen) atoms. The molecule has 7 nitrogen and oxygen atoms in total. The highest BCUT2D eigenvalue weighted by Gasteiger charge is 2.16. The quantitative estimate of drug-likeness (QED) is 0.456. The van der Waals surface area contributed by atoms with Gasteiger partial charge in [0.1, 0.15) is 11.2 Å². The van der Waals surface area contributed by atoms with Crippen molar-refractivity contribution in [2.45, 2.75) is 0 Å². The van der Waals surface area contributed by atoms with Crippen molar-refractivity contribution in [1.29, 1.82) is 0 Å². The maximum absolute atomic E-state index is 4.86. The molecule has 0 unspecified atom stereocenters. The summed E-state index contributed by atoms with van der Waals surface area (Å²) in [6.45, 7) is 0. The monoisotopic (exact) mass is 397 g/mol. The van der Waals surface area contributed by atoms with Crippen LogP contribution in [0.3, 0.4) is 0 Å². The number of rotatable bonds is 3. The predicted octanol–water partition coefficient (Wildman–Crippen LogP) is 4.63. The molecule has 0 aliphatic heterocycles. The number of nitrogens with one attached hydrogen (secondary N) is 2.